The number of carbonyl (C=O) groups excluding carboxylic acids is 2. The number of anilines is 1. The zero-order valence-electron chi connectivity index (χ0n) is 20.7. The van der Waals surface area contributed by atoms with Gasteiger partial charge in [0.1, 0.15) is 24.5 Å². The molecule has 0 saturated carbocycles. The Hall–Kier alpha value is -3.91. The summed E-state index contributed by atoms with van der Waals surface area (Å²) in [5, 5.41) is 2.62. The van der Waals surface area contributed by atoms with E-state index in [2.05, 4.69) is 9.69 Å². The third kappa shape index (κ3) is 5.59. The SMILES string of the molecule is CCC(C)(C=O)c1ccc(-c2cc(F)c(-c3snc(C)c3NC(=O)OCc3ccccc3)cc2F)cc1. The molecule has 4 aromatic rings. The van der Waals surface area contributed by atoms with Crippen LogP contribution in [0.25, 0.3) is 21.6 Å². The van der Waals surface area contributed by atoms with Gasteiger partial charge < -0.3 is 9.53 Å². The minimum absolute atomic E-state index is 0.0126. The Balaban J connectivity index is 1.58. The van der Waals surface area contributed by atoms with Gasteiger partial charge in [0.05, 0.1) is 16.3 Å². The number of halogens is 2. The molecule has 4 rings (SSSR count). The quantitative estimate of drug-likeness (QED) is 0.242. The van der Waals surface area contributed by atoms with Crippen molar-refractivity contribution in [2.75, 3.05) is 5.32 Å². The molecule has 0 aliphatic rings. The van der Waals surface area contributed by atoms with E-state index in [0.717, 1.165) is 41.1 Å². The van der Waals surface area contributed by atoms with Gasteiger partial charge in [-0.3, -0.25) is 5.32 Å². The van der Waals surface area contributed by atoms with Crippen molar-refractivity contribution in [3.8, 4) is 21.6 Å². The fraction of sp³-hybridized carbons (Fsp3) is 0.207. The average molecular weight is 521 g/mol. The fourth-order valence-corrected chi connectivity index (χ4v) is 4.75. The molecule has 1 N–H and O–H groups in total. The van der Waals surface area contributed by atoms with Crippen LogP contribution in [-0.4, -0.2) is 16.8 Å². The Labute approximate surface area is 218 Å². The number of aldehydes is 1. The van der Waals surface area contributed by atoms with Crippen LogP contribution >= 0.6 is 11.5 Å². The number of amides is 1. The highest BCUT2D eigenvalue weighted by atomic mass is 32.1. The number of ether oxygens (including phenoxy) is 1. The predicted molar refractivity (Wildman–Crippen MR) is 142 cm³/mol. The predicted octanol–water partition coefficient (Wildman–Crippen LogP) is 7.68. The first-order valence-electron chi connectivity index (χ1n) is 11.8. The number of rotatable bonds is 8. The number of hydrogen-bond acceptors (Lipinski definition) is 5. The maximum absolute atomic E-state index is 15.3. The van der Waals surface area contributed by atoms with Crippen molar-refractivity contribution in [3.05, 3.63) is 95.2 Å². The molecule has 1 aromatic heterocycles. The van der Waals surface area contributed by atoms with Crippen molar-refractivity contribution in [1.29, 1.82) is 0 Å². The van der Waals surface area contributed by atoms with Gasteiger partial charge in [-0.1, -0.05) is 61.5 Å². The zero-order valence-corrected chi connectivity index (χ0v) is 21.5. The van der Waals surface area contributed by atoms with Gasteiger partial charge in [-0.15, -0.1) is 0 Å². The molecule has 0 spiro atoms. The van der Waals surface area contributed by atoms with Crippen LogP contribution in [0.15, 0.2) is 66.7 Å². The zero-order chi connectivity index (χ0) is 26.6. The number of benzene rings is 3. The normalized spacial score (nSPS) is 12.6. The highest BCUT2D eigenvalue weighted by Crippen LogP contribution is 2.39. The van der Waals surface area contributed by atoms with E-state index in [4.69, 9.17) is 4.74 Å². The second-order valence-corrected chi connectivity index (χ2v) is 9.71. The fourth-order valence-electron chi connectivity index (χ4n) is 3.89. The first-order chi connectivity index (χ1) is 17.8. The number of aryl methyl sites for hydroxylation is 1. The summed E-state index contributed by atoms with van der Waals surface area (Å²) in [6.07, 6.45) is 0.801. The van der Waals surface area contributed by atoms with E-state index in [-0.39, 0.29) is 28.3 Å². The number of aromatic nitrogens is 1. The van der Waals surface area contributed by atoms with Gasteiger partial charge in [0, 0.05) is 16.5 Å². The summed E-state index contributed by atoms with van der Waals surface area (Å²) in [7, 11) is 0. The lowest BCUT2D eigenvalue weighted by Gasteiger charge is -2.21. The van der Waals surface area contributed by atoms with Gasteiger partial charge >= 0.3 is 6.09 Å². The minimum Gasteiger partial charge on any atom is -0.444 e. The number of hydrogen-bond donors (Lipinski definition) is 1. The monoisotopic (exact) mass is 520 g/mol. The second kappa shape index (κ2) is 11.0. The highest BCUT2D eigenvalue weighted by molar-refractivity contribution is 7.10. The standard InChI is InChI=1S/C29H26F2N2O3S/c1-4-29(3,17-34)21-12-10-20(11-13-21)22-14-25(31)23(15-24(22)30)27-26(18(2)33-37-27)32-28(35)36-16-19-8-6-5-7-9-19/h5-15,17H,4,16H2,1-3H3,(H,32,35). The van der Waals surface area contributed by atoms with Gasteiger partial charge in [-0.2, -0.15) is 4.37 Å². The van der Waals surface area contributed by atoms with E-state index in [9.17, 15) is 9.59 Å². The molecule has 190 valence electrons. The molecule has 1 amide bonds. The van der Waals surface area contributed by atoms with Crippen LogP contribution in [0.3, 0.4) is 0 Å². The number of nitrogens with one attached hydrogen (secondary N) is 1. The summed E-state index contributed by atoms with van der Waals surface area (Å²) < 4.78 is 40.0. The van der Waals surface area contributed by atoms with Crippen LogP contribution in [0, 0.1) is 18.6 Å². The number of carbonyl (C=O) groups is 2. The van der Waals surface area contributed by atoms with Crippen molar-refractivity contribution in [2.45, 2.75) is 39.2 Å². The molecule has 0 bridgehead atoms. The van der Waals surface area contributed by atoms with Crippen LogP contribution in [0.2, 0.25) is 0 Å². The van der Waals surface area contributed by atoms with Crippen molar-refractivity contribution >= 4 is 29.6 Å². The van der Waals surface area contributed by atoms with Crippen LogP contribution in [0.4, 0.5) is 19.3 Å². The summed E-state index contributed by atoms with van der Waals surface area (Å²) in [5.41, 5.74) is 2.29. The Morgan fingerprint density at radius 2 is 1.70 bits per heavy atom. The van der Waals surface area contributed by atoms with Crippen molar-refractivity contribution in [1.82, 2.24) is 4.37 Å². The molecule has 3 aromatic carbocycles. The summed E-state index contributed by atoms with van der Waals surface area (Å²) in [6, 6.07) is 18.3. The van der Waals surface area contributed by atoms with E-state index in [1.807, 2.05) is 44.2 Å². The largest absolute Gasteiger partial charge is 0.444 e. The number of nitrogens with zero attached hydrogens (tertiary/aromatic N) is 1. The van der Waals surface area contributed by atoms with Crippen LogP contribution in [0.5, 0.6) is 0 Å². The highest BCUT2D eigenvalue weighted by Gasteiger charge is 2.24. The van der Waals surface area contributed by atoms with E-state index in [1.165, 1.54) is 0 Å². The first kappa shape index (κ1) is 26.2. The molecule has 0 saturated heterocycles. The van der Waals surface area contributed by atoms with E-state index in [0.29, 0.717) is 17.7 Å². The third-order valence-corrected chi connectivity index (χ3v) is 7.43. The molecule has 0 radical (unpaired) electrons. The van der Waals surface area contributed by atoms with Crippen LogP contribution in [0.1, 0.15) is 37.1 Å². The molecule has 0 aliphatic heterocycles. The first-order valence-corrected chi connectivity index (χ1v) is 12.5. The summed E-state index contributed by atoms with van der Waals surface area (Å²) >= 11 is 0.960. The maximum Gasteiger partial charge on any atom is 0.412 e. The molecular weight excluding hydrogens is 494 g/mol. The average Bonchev–Trinajstić information content (AvgIpc) is 3.28. The maximum atomic E-state index is 15.3. The molecule has 1 atom stereocenters. The van der Waals surface area contributed by atoms with E-state index in [1.54, 1.807) is 31.2 Å². The topological polar surface area (TPSA) is 68.3 Å². The van der Waals surface area contributed by atoms with Crippen LogP contribution in [-0.2, 0) is 21.6 Å². The van der Waals surface area contributed by atoms with Gasteiger partial charge in [0.25, 0.3) is 0 Å². The van der Waals surface area contributed by atoms with Crippen molar-refractivity contribution in [2.24, 2.45) is 0 Å². The van der Waals surface area contributed by atoms with Gasteiger partial charge in [0.2, 0.25) is 0 Å². The van der Waals surface area contributed by atoms with Gasteiger partial charge in [-0.25, -0.2) is 13.6 Å². The lowest BCUT2D eigenvalue weighted by molar-refractivity contribution is -0.112. The Kier molecular flexibility index (Phi) is 7.78. The lowest BCUT2D eigenvalue weighted by atomic mass is 9.81. The third-order valence-electron chi connectivity index (χ3n) is 6.45. The summed E-state index contributed by atoms with van der Waals surface area (Å²) in [6.45, 7) is 5.49. The Morgan fingerprint density at radius 3 is 2.35 bits per heavy atom. The van der Waals surface area contributed by atoms with Crippen molar-refractivity contribution in [3.63, 3.8) is 0 Å². The van der Waals surface area contributed by atoms with Crippen LogP contribution < -0.4 is 5.32 Å². The van der Waals surface area contributed by atoms with E-state index < -0.39 is 23.1 Å². The molecule has 8 heteroatoms. The van der Waals surface area contributed by atoms with Gasteiger partial charge in [-0.05, 0) is 60.6 Å². The summed E-state index contributed by atoms with van der Waals surface area (Å²) in [4.78, 5) is 24.2. The summed E-state index contributed by atoms with van der Waals surface area (Å²) in [5.74, 6) is -1.28. The van der Waals surface area contributed by atoms with E-state index >= 15 is 8.78 Å². The lowest BCUT2D eigenvalue weighted by Crippen LogP contribution is -2.22. The van der Waals surface area contributed by atoms with Gasteiger partial charge in [0.15, 0.2) is 0 Å². The molecule has 37 heavy (non-hydrogen) atoms. The Bertz CT molecular complexity index is 1420. The molecule has 0 fully saturated rings. The molecular formula is C29H26F2N2O3S. The molecule has 0 aliphatic carbocycles. The molecule has 1 unspecified atom stereocenters. The minimum atomic E-state index is -0.722. The van der Waals surface area contributed by atoms with Crippen molar-refractivity contribution < 1.29 is 23.1 Å². The second-order valence-electron chi connectivity index (χ2n) is 8.94. The smallest absolute Gasteiger partial charge is 0.412 e. The molecule has 5 nitrogen and oxygen atoms in total. The Morgan fingerprint density at radius 1 is 1.05 bits per heavy atom. The molecule has 1 heterocycles.